The molecule has 0 fully saturated rings. The monoisotopic (exact) mass is 426 g/mol. The van der Waals surface area contributed by atoms with Gasteiger partial charge < -0.3 is 5.32 Å². The van der Waals surface area contributed by atoms with Gasteiger partial charge in [0.15, 0.2) is 0 Å². The van der Waals surface area contributed by atoms with E-state index >= 15 is 0 Å². The molecule has 0 unspecified atom stereocenters. The molecule has 1 amide bonds. The number of pyridine rings is 1. The smallest absolute Gasteiger partial charge is 0.254 e. The number of nitrogens with one attached hydrogen (secondary N) is 1. The lowest BCUT2D eigenvalue weighted by Crippen LogP contribution is -2.23. The van der Waals surface area contributed by atoms with E-state index in [9.17, 15) is 9.18 Å². The van der Waals surface area contributed by atoms with Crippen molar-refractivity contribution >= 4 is 5.91 Å². The first-order valence-electron chi connectivity index (χ1n) is 10.4. The zero-order valence-electron chi connectivity index (χ0n) is 17.9. The minimum Gasteiger partial charge on any atom is -0.348 e. The lowest BCUT2D eigenvalue weighted by molar-refractivity contribution is 0.0947. The third-order valence-corrected chi connectivity index (χ3v) is 5.11. The Kier molecular flexibility index (Phi) is 6.31. The Morgan fingerprint density at radius 1 is 0.969 bits per heavy atom. The Balaban J connectivity index is 1.58. The van der Waals surface area contributed by atoms with E-state index in [4.69, 9.17) is 4.98 Å². The molecular weight excluding hydrogens is 403 g/mol. The van der Waals surface area contributed by atoms with Gasteiger partial charge in [-0.1, -0.05) is 50.2 Å². The first kappa shape index (κ1) is 21.3. The van der Waals surface area contributed by atoms with Crippen molar-refractivity contribution in [3.05, 3.63) is 102 Å². The molecule has 5 nitrogen and oxygen atoms in total. The Morgan fingerprint density at radius 2 is 1.69 bits per heavy atom. The van der Waals surface area contributed by atoms with Crippen LogP contribution >= 0.6 is 0 Å². The number of amides is 1. The molecule has 0 saturated heterocycles. The predicted octanol–water partition coefficient (Wildman–Crippen LogP) is 5.40. The number of halogens is 1. The fraction of sp³-hybridized carbons (Fsp3) is 0.154. The summed E-state index contributed by atoms with van der Waals surface area (Å²) in [6, 6.07) is 17.6. The van der Waals surface area contributed by atoms with Crippen molar-refractivity contribution in [2.75, 3.05) is 0 Å². The van der Waals surface area contributed by atoms with E-state index in [1.807, 2.05) is 42.6 Å². The standard InChI is InChI=1S/C26H23FN4O/c1-17(2)25-29-16-22(19-11-13-28-14-12-19)24(31-25)20-9-7-18(8-10-20)15-30-26(32)21-5-3-4-6-23(21)27/h3-14,16-17H,15H2,1-2H3,(H,30,32). The molecule has 0 atom stereocenters. The second kappa shape index (κ2) is 9.47. The molecule has 2 aromatic carbocycles. The maximum absolute atomic E-state index is 13.8. The van der Waals surface area contributed by atoms with Crippen LogP contribution in [0.15, 0.2) is 79.3 Å². The molecule has 4 aromatic rings. The average molecular weight is 426 g/mol. The van der Waals surface area contributed by atoms with Crippen LogP contribution in [0.5, 0.6) is 0 Å². The summed E-state index contributed by atoms with van der Waals surface area (Å²) in [6.45, 7) is 4.42. The van der Waals surface area contributed by atoms with Gasteiger partial charge in [0.05, 0.1) is 11.3 Å². The van der Waals surface area contributed by atoms with Crippen LogP contribution in [0.3, 0.4) is 0 Å². The number of rotatable bonds is 6. The highest BCUT2D eigenvalue weighted by Gasteiger charge is 2.14. The molecule has 0 aliphatic carbocycles. The first-order chi connectivity index (χ1) is 15.5. The van der Waals surface area contributed by atoms with Crippen molar-refractivity contribution in [1.29, 1.82) is 0 Å². The van der Waals surface area contributed by atoms with Gasteiger partial charge in [-0.2, -0.15) is 0 Å². The Hall–Kier alpha value is -3.93. The summed E-state index contributed by atoms with van der Waals surface area (Å²) in [5.74, 6) is 0.00498. The van der Waals surface area contributed by atoms with Gasteiger partial charge in [0.25, 0.3) is 5.91 Å². The van der Waals surface area contributed by atoms with E-state index < -0.39 is 11.7 Å². The summed E-state index contributed by atoms with van der Waals surface area (Å²) in [5, 5.41) is 2.77. The van der Waals surface area contributed by atoms with Gasteiger partial charge in [0.1, 0.15) is 11.6 Å². The largest absolute Gasteiger partial charge is 0.348 e. The molecule has 2 heterocycles. The van der Waals surface area contributed by atoms with Crippen molar-refractivity contribution in [3.63, 3.8) is 0 Å². The van der Waals surface area contributed by atoms with Crippen molar-refractivity contribution in [1.82, 2.24) is 20.3 Å². The van der Waals surface area contributed by atoms with Gasteiger partial charge in [-0.05, 0) is 35.4 Å². The quantitative estimate of drug-likeness (QED) is 0.448. The van der Waals surface area contributed by atoms with Crippen LogP contribution in [0, 0.1) is 5.82 Å². The summed E-state index contributed by atoms with van der Waals surface area (Å²) < 4.78 is 13.8. The molecule has 6 heteroatoms. The summed E-state index contributed by atoms with van der Waals surface area (Å²) in [5.41, 5.74) is 4.65. The summed E-state index contributed by atoms with van der Waals surface area (Å²) in [4.78, 5) is 25.7. The zero-order valence-corrected chi connectivity index (χ0v) is 17.9. The molecule has 4 rings (SSSR count). The summed E-state index contributed by atoms with van der Waals surface area (Å²) >= 11 is 0. The molecule has 0 radical (unpaired) electrons. The number of nitrogens with zero attached hydrogens (tertiary/aromatic N) is 3. The van der Waals surface area contributed by atoms with Gasteiger partial charge in [-0.3, -0.25) is 9.78 Å². The minimum absolute atomic E-state index is 0.0355. The van der Waals surface area contributed by atoms with Crippen LogP contribution in [-0.2, 0) is 6.54 Å². The normalized spacial score (nSPS) is 10.9. The maximum Gasteiger partial charge on any atom is 0.254 e. The number of benzene rings is 2. The number of aromatic nitrogens is 3. The minimum atomic E-state index is -0.534. The lowest BCUT2D eigenvalue weighted by atomic mass is 10.00. The zero-order chi connectivity index (χ0) is 22.5. The lowest BCUT2D eigenvalue weighted by Gasteiger charge is -2.13. The van der Waals surface area contributed by atoms with Crippen LogP contribution in [0.1, 0.15) is 41.5 Å². The van der Waals surface area contributed by atoms with Crippen LogP contribution < -0.4 is 5.32 Å². The Bertz CT molecular complexity index is 1220. The molecule has 0 aliphatic heterocycles. The molecule has 0 aliphatic rings. The highest BCUT2D eigenvalue weighted by Crippen LogP contribution is 2.31. The van der Waals surface area contributed by atoms with Crippen LogP contribution in [0.2, 0.25) is 0 Å². The van der Waals surface area contributed by atoms with Crippen molar-refractivity contribution < 1.29 is 9.18 Å². The highest BCUT2D eigenvalue weighted by atomic mass is 19.1. The van der Waals surface area contributed by atoms with E-state index in [1.165, 1.54) is 12.1 Å². The Morgan fingerprint density at radius 3 is 2.38 bits per heavy atom. The fourth-order valence-corrected chi connectivity index (χ4v) is 3.34. The first-order valence-corrected chi connectivity index (χ1v) is 10.4. The molecule has 160 valence electrons. The molecule has 1 N–H and O–H groups in total. The third-order valence-electron chi connectivity index (χ3n) is 5.11. The van der Waals surface area contributed by atoms with E-state index in [0.29, 0.717) is 6.54 Å². The van der Waals surface area contributed by atoms with Gasteiger partial charge in [0.2, 0.25) is 0 Å². The topological polar surface area (TPSA) is 67.8 Å². The molecule has 0 bridgehead atoms. The second-order valence-corrected chi connectivity index (χ2v) is 7.74. The van der Waals surface area contributed by atoms with E-state index in [-0.39, 0.29) is 11.5 Å². The molecule has 32 heavy (non-hydrogen) atoms. The predicted molar refractivity (Wildman–Crippen MR) is 122 cm³/mol. The number of carbonyl (C=O) groups excluding carboxylic acids is 1. The van der Waals surface area contributed by atoms with Gasteiger partial charge in [-0.25, -0.2) is 14.4 Å². The van der Waals surface area contributed by atoms with E-state index in [0.717, 1.165) is 33.8 Å². The Labute approximate surface area is 186 Å². The fourth-order valence-electron chi connectivity index (χ4n) is 3.34. The molecule has 2 aromatic heterocycles. The second-order valence-electron chi connectivity index (χ2n) is 7.74. The number of hydrogen-bond donors (Lipinski definition) is 1. The van der Waals surface area contributed by atoms with Crippen molar-refractivity contribution in [2.24, 2.45) is 0 Å². The highest BCUT2D eigenvalue weighted by molar-refractivity contribution is 5.94. The maximum atomic E-state index is 13.8. The van der Waals surface area contributed by atoms with Crippen LogP contribution in [-0.4, -0.2) is 20.9 Å². The SMILES string of the molecule is CC(C)c1ncc(-c2ccncc2)c(-c2ccc(CNC(=O)c3ccccc3F)cc2)n1. The summed E-state index contributed by atoms with van der Waals surface area (Å²) in [7, 11) is 0. The number of carbonyl (C=O) groups is 1. The van der Waals surface area contributed by atoms with E-state index in [1.54, 1.807) is 24.5 Å². The van der Waals surface area contributed by atoms with Gasteiger partial charge >= 0.3 is 0 Å². The molecule has 0 saturated carbocycles. The van der Waals surface area contributed by atoms with Gasteiger partial charge in [-0.15, -0.1) is 0 Å². The van der Waals surface area contributed by atoms with Crippen molar-refractivity contribution in [3.8, 4) is 22.4 Å². The third kappa shape index (κ3) is 4.70. The van der Waals surface area contributed by atoms with E-state index in [2.05, 4.69) is 29.1 Å². The van der Waals surface area contributed by atoms with Crippen LogP contribution in [0.25, 0.3) is 22.4 Å². The molecular formula is C26H23FN4O. The molecule has 0 spiro atoms. The average Bonchev–Trinajstić information content (AvgIpc) is 2.83. The summed E-state index contributed by atoms with van der Waals surface area (Å²) in [6.07, 6.45) is 5.35. The van der Waals surface area contributed by atoms with Crippen molar-refractivity contribution in [2.45, 2.75) is 26.3 Å². The van der Waals surface area contributed by atoms with Crippen LogP contribution in [0.4, 0.5) is 4.39 Å². The number of hydrogen-bond acceptors (Lipinski definition) is 4. The van der Waals surface area contributed by atoms with Gasteiger partial charge in [0, 0.05) is 42.2 Å².